The van der Waals surface area contributed by atoms with Crippen molar-refractivity contribution < 1.29 is 4.79 Å². The molecule has 2 heterocycles. The van der Waals surface area contributed by atoms with Crippen molar-refractivity contribution >= 4 is 39.5 Å². The first-order valence-corrected chi connectivity index (χ1v) is 7.52. The van der Waals surface area contributed by atoms with Gasteiger partial charge in [-0.15, -0.1) is 0 Å². The van der Waals surface area contributed by atoms with Crippen LogP contribution in [0.5, 0.6) is 0 Å². The Bertz CT molecular complexity index is 824. The number of nitrogens with one attached hydrogen (secondary N) is 2. The van der Waals surface area contributed by atoms with Crippen molar-refractivity contribution in [3.05, 3.63) is 24.4 Å². The van der Waals surface area contributed by atoms with Gasteiger partial charge in [0, 0.05) is 23.5 Å². The summed E-state index contributed by atoms with van der Waals surface area (Å²) in [6.07, 6.45) is 5.35. The molecule has 114 valence electrons. The fraction of sp³-hybridized carbons (Fsp3) is 0.312. The van der Waals surface area contributed by atoms with Crippen LogP contribution in [-0.4, -0.2) is 20.9 Å². The number of fused-ring (bicyclic) bond motifs is 3. The lowest BCUT2D eigenvalue weighted by molar-refractivity contribution is -0.116. The molecule has 22 heavy (non-hydrogen) atoms. The maximum atomic E-state index is 12.1. The molecular formula is C16H19N5O. The molecule has 0 unspecified atom stereocenters. The molecule has 0 bridgehead atoms. The van der Waals surface area contributed by atoms with Gasteiger partial charge in [-0.1, -0.05) is 19.8 Å². The molecule has 0 aliphatic rings. The summed E-state index contributed by atoms with van der Waals surface area (Å²) in [5.41, 5.74) is 7.46. The molecule has 2 aromatic heterocycles. The quantitative estimate of drug-likeness (QED) is 0.630. The number of anilines is 2. The van der Waals surface area contributed by atoms with Gasteiger partial charge in [-0.25, -0.2) is 4.98 Å². The highest BCUT2D eigenvalue weighted by Gasteiger charge is 2.13. The summed E-state index contributed by atoms with van der Waals surface area (Å²) >= 11 is 0. The maximum Gasteiger partial charge on any atom is 0.225 e. The minimum atomic E-state index is -0.0413. The van der Waals surface area contributed by atoms with E-state index in [9.17, 15) is 4.79 Å². The first kappa shape index (κ1) is 14.3. The number of unbranched alkanes of at least 4 members (excludes halogenated alkanes) is 2. The number of aromatic nitrogens is 3. The van der Waals surface area contributed by atoms with Gasteiger partial charge in [0.15, 0.2) is 0 Å². The number of nitrogens with two attached hydrogens (primary N) is 1. The zero-order chi connectivity index (χ0) is 15.5. The van der Waals surface area contributed by atoms with Crippen molar-refractivity contribution in [3.8, 4) is 0 Å². The standard InChI is InChI=1S/C16H19N5O/c1-2-3-4-5-13(22)20-15-14-10-8-9-18-11(10)6-7-12(14)19-16(17)21-15/h6-9,18H,2-5H2,1H3,(H3,17,19,20,21,22). The first-order valence-electron chi connectivity index (χ1n) is 7.52. The summed E-state index contributed by atoms with van der Waals surface area (Å²) in [5.74, 6) is 0.598. The molecule has 0 atom stereocenters. The van der Waals surface area contributed by atoms with Crippen LogP contribution in [-0.2, 0) is 4.79 Å². The predicted octanol–water partition coefficient (Wildman–Crippen LogP) is 3.21. The highest BCUT2D eigenvalue weighted by molar-refractivity contribution is 6.13. The average molecular weight is 297 g/mol. The van der Waals surface area contributed by atoms with Crippen molar-refractivity contribution in [1.29, 1.82) is 0 Å². The van der Waals surface area contributed by atoms with Crippen LogP contribution in [0.3, 0.4) is 0 Å². The van der Waals surface area contributed by atoms with Crippen molar-refractivity contribution in [3.63, 3.8) is 0 Å². The van der Waals surface area contributed by atoms with E-state index in [1.165, 1.54) is 0 Å². The Morgan fingerprint density at radius 2 is 2.14 bits per heavy atom. The van der Waals surface area contributed by atoms with Crippen LogP contribution in [0.15, 0.2) is 24.4 Å². The summed E-state index contributed by atoms with van der Waals surface area (Å²) < 4.78 is 0. The molecule has 3 aromatic rings. The summed E-state index contributed by atoms with van der Waals surface area (Å²) in [4.78, 5) is 23.7. The van der Waals surface area contributed by atoms with Gasteiger partial charge in [0.05, 0.1) is 10.9 Å². The number of hydrogen-bond donors (Lipinski definition) is 3. The van der Waals surface area contributed by atoms with Crippen LogP contribution in [0.1, 0.15) is 32.6 Å². The largest absolute Gasteiger partial charge is 0.368 e. The van der Waals surface area contributed by atoms with Gasteiger partial charge < -0.3 is 16.0 Å². The van der Waals surface area contributed by atoms with Crippen LogP contribution < -0.4 is 11.1 Å². The molecule has 6 nitrogen and oxygen atoms in total. The van der Waals surface area contributed by atoms with Crippen molar-refractivity contribution in [2.24, 2.45) is 0 Å². The normalized spacial score (nSPS) is 11.1. The van der Waals surface area contributed by atoms with Gasteiger partial charge in [0.2, 0.25) is 11.9 Å². The minimum absolute atomic E-state index is 0.0413. The lowest BCUT2D eigenvalue weighted by atomic mass is 10.1. The van der Waals surface area contributed by atoms with Crippen LogP contribution >= 0.6 is 0 Å². The van der Waals surface area contributed by atoms with Gasteiger partial charge in [-0.05, 0) is 24.6 Å². The molecular weight excluding hydrogens is 278 g/mol. The van der Waals surface area contributed by atoms with Gasteiger partial charge in [0.1, 0.15) is 5.82 Å². The molecule has 0 aliphatic carbocycles. The minimum Gasteiger partial charge on any atom is -0.368 e. The number of aromatic amines is 1. The van der Waals surface area contributed by atoms with E-state index in [1.54, 1.807) is 0 Å². The van der Waals surface area contributed by atoms with Crippen molar-refractivity contribution in [2.45, 2.75) is 32.6 Å². The topological polar surface area (TPSA) is 96.7 Å². The molecule has 6 heteroatoms. The Hall–Kier alpha value is -2.63. The highest BCUT2D eigenvalue weighted by atomic mass is 16.1. The Labute approximate surface area is 128 Å². The van der Waals surface area contributed by atoms with Crippen LogP contribution in [0.25, 0.3) is 21.8 Å². The first-order chi connectivity index (χ1) is 10.7. The number of benzene rings is 1. The second-order valence-corrected chi connectivity index (χ2v) is 5.33. The summed E-state index contributed by atoms with van der Waals surface area (Å²) in [6.45, 7) is 2.11. The monoisotopic (exact) mass is 297 g/mol. The number of rotatable bonds is 5. The van der Waals surface area contributed by atoms with Gasteiger partial charge in [-0.2, -0.15) is 4.98 Å². The zero-order valence-electron chi connectivity index (χ0n) is 12.5. The Morgan fingerprint density at radius 3 is 2.95 bits per heavy atom. The number of amides is 1. The molecule has 0 aliphatic heterocycles. The third-order valence-corrected chi connectivity index (χ3v) is 3.68. The van der Waals surface area contributed by atoms with Gasteiger partial charge in [0.25, 0.3) is 0 Å². The third-order valence-electron chi connectivity index (χ3n) is 3.68. The van der Waals surface area contributed by atoms with E-state index in [4.69, 9.17) is 5.73 Å². The maximum absolute atomic E-state index is 12.1. The number of nitrogen functional groups attached to an aromatic ring is 1. The number of nitrogens with zero attached hydrogens (tertiary/aromatic N) is 2. The fourth-order valence-electron chi connectivity index (χ4n) is 2.60. The van der Waals surface area contributed by atoms with Crippen LogP contribution in [0.2, 0.25) is 0 Å². The Kier molecular flexibility index (Phi) is 3.91. The molecule has 4 N–H and O–H groups in total. The second-order valence-electron chi connectivity index (χ2n) is 5.33. The highest BCUT2D eigenvalue weighted by Crippen LogP contribution is 2.29. The molecule has 0 radical (unpaired) electrons. The van der Waals surface area contributed by atoms with Gasteiger partial charge >= 0.3 is 0 Å². The van der Waals surface area contributed by atoms with E-state index in [0.29, 0.717) is 12.2 Å². The summed E-state index contributed by atoms with van der Waals surface area (Å²) in [5, 5.41) is 4.67. The second kappa shape index (κ2) is 6.01. The van der Waals surface area contributed by atoms with E-state index >= 15 is 0 Å². The van der Waals surface area contributed by atoms with E-state index in [-0.39, 0.29) is 11.9 Å². The molecule has 0 spiro atoms. The molecule has 1 amide bonds. The van der Waals surface area contributed by atoms with E-state index in [2.05, 4.69) is 27.2 Å². The number of carbonyl (C=O) groups excluding carboxylic acids is 1. The number of carbonyl (C=O) groups is 1. The van der Waals surface area contributed by atoms with Crippen molar-refractivity contribution in [2.75, 3.05) is 11.1 Å². The summed E-state index contributed by atoms with van der Waals surface area (Å²) in [7, 11) is 0. The lowest BCUT2D eigenvalue weighted by Crippen LogP contribution is -2.13. The molecule has 0 saturated carbocycles. The van der Waals surface area contributed by atoms with E-state index < -0.39 is 0 Å². The SMILES string of the molecule is CCCCCC(=O)Nc1nc(N)nc2ccc3[nH]ccc3c12. The molecule has 3 rings (SSSR count). The third kappa shape index (κ3) is 2.72. The smallest absolute Gasteiger partial charge is 0.225 e. The van der Waals surface area contributed by atoms with E-state index in [0.717, 1.165) is 41.1 Å². The number of H-pyrrole nitrogens is 1. The fourth-order valence-corrected chi connectivity index (χ4v) is 2.60. The Morgan fingerprint density at radius 1 is 1.27 bits per heavy atom. The number of hydrogen-bond acceptors (Lipinski definition) is 4. The Balaban J connectivity index is 2.00. The van der Waals surface area contributed by atoms with Crippen LogP contribution in [0, 0.1) is 0 Å². The lowest BCUT2D eigenvalue weighted by Gasteiger charge is -2.09. The summed E-state index contributed by atoms with van der Waals surface area (Å²) in [6, 6.07) is 5.76. The van der Waals surface area contributed by atoms with Crippen LogP contribution in [0.4, 0.5) is 11.8 Å². The van der Waals surface area contributed by atoms with E-state index in [1.807, 2.05) is 24.4 Å². The molecule has 0 saturated heterocycles. The molecule has 1 aromatic carbocycles. The zero-order valence-corrected chi connectivity index (χ0v) is 12.5. The van der Waals surface area contributed by atoms with Crippen molar-refractivity contribution in [1.82, 2.24) is 15.0 Å². The predicted molar refractivity (Wildman–Crippen MR) is 88.6 cm³/mol. The molecule has 0 fully saturated rings. The average Bonchev–Trinajstić information content (AvgIpc) is 2.95. The van der Waals surface area contributed by atoms with Gasteiger partial charge in [-0.3, -0.25) is 4.79 Å².